The molecule has 2 aromatic rings. The SMILES string of the molecule is CN(CC1CCCNC1)c1nc2ccc(Br)cn2n1. The summed E-state index contributed by atoms with van der Waals surface area (Å²) in [5.41, 5.74) is 0.881. The van der Waals surface area contributed by atoms with Crippen LogP contribution >= 0.6 is 15.9 Å². The van der Waals surface area contributed by atoms with Crippen LogP contribution in [-0.4, -0.2) is 41.3 Å². The topological polar surface area (TPSA) is 45.5 Å². The highest BCUT2D eigenvalue weighted by Crippen LogP contribution is 2.17. The Morgan fingerprint density at radius 3 is 3.21 bits per heavy atom. The molecule has 3 heterocycles. The lowest BCUT2D eigenvalue weighted by Gasteiger charge is -2.26. The fourth-order valence-corrected chi connectivity index (χ4v) is 2.88. The maximum atomic E-state index is 4.56. The Balaban J connectivity index is 1.75. The van der Waals surface area contributed by atoms with Gasteiger partial charge in [-0.15, -0.1) is 5.10 Å². The van der Waals surface area contributed by atoms with Crippen molar-refractivity contribution < 1.29 is 0 Å². The molecule has 1 atom stereocenters. The van der Waals surface area contributed by atoms with E-state index in [1.54, 1.807) is 0 Å². The molecular weight excluding hydrogens is 306 g/mol. The van der Waals surface area contributed by atoms with E-state index in [1.807, 2.05) is 22.8 Å². The van der Waals surface area contributed by atoms with E-state index in [2.05, 4.69) is 43.3 Å². The monoisotopic (exact) mass is 323 g/mol. The molecular formula is C13H18BrN5. The first-order chi connectivity index (χ1) is 9.22. The minimum Gasteiger partial charge on any atom is -0.342 e. The average Bonchev–Trinajstić information content (AvgIpc) is 2.83. The quantitative estimate of drug-likeness (QED) is 0.937. The van der Waals surface area contributed by atoms with Gasteiger partial charge in [0.15, 0.2) is 5.65 Å². The molecule has 1 aliphatic heterocycles. The number of piperidine rings is 1. The average molecular weight is 324 g/mol. The number of pyridine rings is 1. The standard InChI is InChI=1S/C13H18BrN5/c1-18(8-10-3-2-6-15-7-10)13-16-12-5-4-11(14)9-19(12)17-13/h4-5,9-10,15H,2-3,6-8H2,1H3. The molecule has 1 aliphatic rings. The Bertz CT molecular complexity index is 561. The zero-order valence-corrected chi connectivity index (χ0v) is 12.6. The van der Waals surface area contributed by atoms with E-state index < -0.39 is 0 Å². The summed E-state index contributed by atoms with van der Waals surface area (Å²) in [4.78, 5) is 6.71. The van der Waals surface area contributed by atoms with Crippen molar-refractivity contribution in [3.8, 4) is 0 Å². The molecule has 6 heteroatoms. The van der Waals surface area contributed by atoms with E-state index in [0.29, 0.717) is 5.92 Å². The van der Waals surface area contributed by atoms with Gasteiger partial charge in [-0.05, 0) is 59.9 Å². The lowest BCUT2D eigenvalue weighted by molar-refractivity contribution is 0.380. The number of anilines is 1. The van der Waals surface area contributed by atoms with E-state index in [-0.39, 0.29) is 0 Å². The normalized spacial score (nSPS) is 19.8. The molecule has 3 rings (SSSR count). The number of nitrogens with zero attached hydrogens (tertiary/aromatic N) is 4. The van der Waals surface area contributed by atoms with Crippen LogP contribution in [0.4, 0.5) is 5.95 Å². The number of nitrogens with one attached hydrogen (secondary N) is 1. The molecule has 0 aromatic carbocycles. The van der Waals surface area contributed by atoms with Gasteiger partial charge in [-0.3, -0.25) is 0 Å². The van der Waals surface area contributed by atoms with Crippen molar-refractivity contribution in [1.29, 1.82) is 0 Å². The Kier molecular flexibility index (Phi) is 3.70. The van der Waals surface area contributed by atoms with E-state index in [0.717, 1.165) is 35.7 Å². The molecule has 0 radical (unpaired) electrons. The molecule has 1 unspecified atom stereocenters. The van der Waals surface area contributed by atoms with Gasteiger partial charge in [-0.2, -0.15) is 4.98 Å². The second kappa shape index (κ2) is 5.46. The van der Waals surface area contributed by atoms with Gasteiger partial charge in [0.1, 0.15) is 0 Å². The molecule has 5 nitrogen and oxygen atoms in total. The first kappa shape index (κ1) is 12.9. The van der Waals surface area contributed by atoms with Crippen molar-refractivity contribution in [2.24, 2.45) is 5.92 Å². The minimum absolute atomic E-state index is 0.692. The van der Waals surface area contributed by atoms with E-state index in [1.165, 1.54) is 12.8 Å². The van der Waals surface area contributed by atoms with Crippen LogP contribution in [0, 0.1) is 5.92 Å². The molecule has 0 amide bonds. The molecule has 0 spiro atoms. The molecule has 19 heavy (non-hydrogen) atoms. The summed E-state index contributed by atoms with van der Waals surface area (Å²) in [5, 5.41) is 7.97. The van der Waals surface area contributed by atoms with Crippen molar-refractivity contribution in [2.75, 3.05) is 31.6 Å². The van der Waals surface area contributed by atoms with E-state index in [4.69, 9.17) is 0 Å². The van der Waals surface area contributed by atoms with E-state index in [9.17, 15) is 0 Å². The largest absolute Gasteiger partial charge is 0.342 e. The van der Waals surface area contributed by atoms with Gasteiger partial charge >= 0.3 is 0 Å². The molecule has 2 aromatic heterocycles. The lowest BCUT2D eigenvalue weighted by Crippen LogP contribution is -2.37. The predicted octanol–water partition coefficient (Wildman–Crippen LogP) is 1.93. The Labute approximate surface area is 121 Å². The summed E-state index contributed by atoms with van der Waals surface area (Å²) < 4.78 is 2.82. The summed E-state index contributed by atoms with van der Waals surface area (Å²) in [5.74, 6) is 1.49. The number of hydrogen-bond donors (Lipinski definition) is 1. The van der Waals surface area contributed by atoms with Gasteiger partial charge in [0.2, 0.25) is 5.95 Å². The van der Waals surface area contributed by atoms with Gasteiger partial charge < -0.3 is 10.2 Å². The fraction of sp³-hybridized carbons (Fsp3) is 0.538. The predicted molar refractivity (Wildman–Crippen MR) is 79.6 cm³/mol. The van der Waals surface area contributed by atoms with Crippen molar-refractivity contribution in [3.05, 3.63) is 22.8 Å². The second-order valence-corrected chi connectivity index (χ2v) is 6.07. The molecule has 1 fully saturated rings. The van der Waals surface area contributed by atoms with Crippen LogP contribution in [-0.2, 0) is 0 Å². The van der Waals surface area contributed by atoms with Crippen LogP contribution in [0.3, 0.4) is 0 Å². The summed E-state index contributed by atoms with van der Waals surface area (Å²) in [6.45, 7) is 3.26. The lowest BCUT2D eigenvalue weighted by atomic mass is 9.99. The van der Waals surface area contributed by atoms with E-state index >= 15 is 0 Å². The van der Waals surface area contributed by atoms with Gasteiger partial charge in [0.25, 0.3) is 0 Å². The molecule has 0 saturated carbocycles. The van der Waals surface area contributed by atoms with Crippen LogP contribution in [0.25, 0.3) is 5.65 Å². The van der Waals surface area contributed by atoms with Crippen molar-refractivity contribution in [2.45, 2.75) is 12.8 Å². The van der Waals surface area contributed by atoms with Crippen molar-refractivity contribution >= 4 is 27.5 Å². The Morgan fingerprint density at radius 1 is 1.53 bits per heavy atom. The van der Waals surface area contributed by atoms with Crippen LogP contribution in [0.15, 0.2) is 22.8 Å². The second-order valence-electron chi connectivity index (χ2n) is 5.15. The molecule has 0 bridgehead atoms. The third kappa shape index (κ3) is 2.90. The highest BCUT2D eigenvalue weighted by molar-refractivity contribution is 9.10. The van der Waals surface area contributed by atoms with Crippen LogP contribution < -0.4 is 10.2 Å². The highest BCUT2D eigenvalue weighted by atomic mass is 79.9. The highest BCUT2D eigenvalue weighted by Gasteiger charge is 2.17. The van der Waals surface area contributed by atoms with Crippen LogP contribution in [0.1, 0.15) is 12.8 Å². The zero-order chi connectivity index (χ0) is 13.2. The minimum atomic E-state index is 0.692. The maximum Gasteiger partial charge on any atom is 0.245 e. The number of fused-ring (bicyclic) bond motifs is 1. The summed E-state index contributed by atoms with van der Waals surface area (Å²) in [6, 6.07) is 3.95. The first-order valence-electron chi connectivity index (χ1n) is 6.66. The smallest absolute Gasteiger partial charge is 0.245 e. The van der Waals surface area contributed by atoms with Gasteiger partial charge in [-0.1, -0.05) is 0 Å². The van der Waals surface area contributed by atoms with Gasteiger partial charge in [-0.25, -0.2) is 4.52 Å². The summed E-state index contributed by atoms with van der Waals surface area (Å²) >= 11 is 3.45. The number of hydrogen-bond acceptors (Lipinski definition) is 4. The number of halogens is 1. The molecule has 1 N–H and O–H groups in total. The van der Waals surface area contributed by atoms with Crippen molar-refractivity contribution in [1.82, 2.24) is 19.9 Å². The van der Waals surface area contributed by atoms with Crippen molar-refractivity contribution in [3.63, 3.8) is 0 Å². The van der Waals surface area contributed by atoms with Crippen LogP contribution in [0.2, 0.25) is 0 Å². The first-order valence-corrected chi connectivity index (χ1v) is 7.45. The summed E-state index contributed by atoms with van der Waals surface area (Å²) in [7, 11) is 2.07. The van der Waals surface area contributed by atoms with Gasteiger partial charge in [0.05, 0.1) is 0 Å². The third-order valence-corrected chi connectivity index (χ3v) is 4.03. The van der Waals surface area contributed by atoms with Crippen LogP contribution in [0.5, 0.6) is 0 Å². The third-order valence-electron chi connectivity index (χ3n) is 3.56. The molecule has 1 saturated heterocycles. The van der Waals surface area contributed by atoms with Gasteiger partial charge in [0, 0.05) is 24.3 Å². The Hall–Kier alpha value is -1.14. The molecule has 102 valence electrons. The summed E-state index contributed by atoms with van der Waals surface area (Å²) in [6.07, 6.45) is 4.49. The Morgan fingerprint density at radius 2 is 2.42 bits per heavy atom. The zero-order valence-electron chi connectivity index (χ0n) is 11.0. The fourth-order valence-electron chi connectivity index (χ4n) is 2.56. The number of aromatic nitrogens is 3. The maximum absolute atomic E-state index is 4.56. The molecule has 0 aliphatic carbocycles. The number of rotatable bonds is 3.